The number of carbonyl (C=O) groups is 1. The fraction of sp³-hybridized carbons (Fsp3) is 0.346. The normalized spacial score (nSPS) is 14.9. The average Bonchev–Trinajstić information content (AvgIpc) is 3.29. The first kappa shape index (κ1) is 23.4. The van der Waals surface area contributed by atoms with Gasteiger partial charge in [0.1, 0.15) is 19.0 Å². The van der Waals surface area contributed by atoms with Gasteiger partial charge in [-0.25, -0.2) is 9.48 Å². The zero-order valence-electron chi connectivity index (χ0n) is 20.0. The fourth-order valence-corrected chi connectivity index (χ4v) is 3.98. The Morgan fingerprint density at radius 2 is 1.94 bits per heavy atom. The molecule has 8 heteroatoms. The quantitative estimate of drug-likeness (QED) is 0.457. The molecule has 4 rings (SSSR count). The van der Waals surface area contributed by atoms with Crippen LogP contribution < -0.4 is 14.8 Å². The van der Waals surface area contributed by atoms with Gasteiger partial charge in [-0.2, -0.15) is 10.1 Å². The number of rotatable bonds is 9. The Hall–Kier alpha value is -3.81. The number of fused-ring (bicyclic) bond motifs is 1. The summed E-state index contributed by atoms with van der Waals surface area (Å²) in [7, 11) is 0. The first-order chi connectivity index (χ1) is 16.5. The molecule has 1 aliphatic rings. The summed E-state index contributed by atoms with van der Waals surface area (Å²) in [5, 5.41) is 7.53. The molecule has 0 saturated carbocycles. The third kappa shape index (κ3) is 4.90. The summed E-state index contributed by atoms with van der Waals surface area (Å²) in [5.74, 6) is 1.42. The first-order valence-corrected chi connectivity index (χ1v) is 11.5. The topological polar surface area (TPSA) is 87.5 Å². The summed E-state index contributed by atoms with van der Waals surface area (Å²) in [6, 6.07) is 13.4. The smallest absolute Gasteiger partial charge is 0.338 e. The van der Waals surface area contributed by atoms with Crippen LogP contribution in [0.1, 0.15) is 49.9 Å². The van der Waals surface area contributed by atoms with Crippen LogP contribution in [0.3, 0.4) is 0 Å². The van der Waals surface area contributed by atoms with Crippen molar-refractivity contribution < 1.29 is 19.0 Å². The minimum atomic E-state index is -0.506. The number of nitrogens with zero attached hydrogens (tertiary/aromatic N) is 3. The number of carbonyl (C=O) groups excluding carboxylic acids is 1. The van der Waals surface area contributed by atoms with Gasteiger partial charge in [0, 0.05) is 5.70 Å². The molecule has 1 aromatic heterocycles. The van der Waals surface area contributed by atoms with E-state index in [2.05, 4.69) is 34.5 Å². The van der Waals surface area contributed by atoms with E-state index < -0.39 is 6.04 Å². The molecule has 0 saturated heterocycles. The molecule has 3 aromatic rings. The van der Waals surface area contributed by atoms with E-state index in [-0.39, 0.29) is 5.97 Å². The van der Waals surface area contributed by atoms with Gasteiger partial charge in [0.2, 0.25) is 5.95 Å². The molecule has 0 spiro atoms. The summed E-state index contributed by atoms with van der Waals surface area (Å²) in [6.45, 7) is 9.04. The molecule has 178 valence electrons. The Morgan fingerprint density at radius 1 is 1.09 bits per heavy atom. The van der Waals surface area contributed by atoms with Crippen molar-refractivity contribution in [1.82, 2.24) is 14.8 Å². The molecule has 8 nitrogen and oxygen atoms in total. The van der Waals surface area contributed by atoms with Crippen molar-refractivity contribution in [2.24, 2.45) is 0 Å². The monoisotopic (exact) mass is 462 g/mol. The summed E-state index contributed by atoms with van der Waals surface area (Å²) >= 11 is 0. The van der Waals surface area contributed by atoms with Gasteiger partial charge in [-0.3, -0.25) is 0 Å². The number of allylic oxidation sites excluding steroid dienone is 1. The zero-order chi connectivity index (χ0) is 24.1. The predicted molar refractivity (Wildman–Crippen MR) is 129 cm³/mol. The molecule has 1 N–H and O–H groups in total. The van der Waals surface area contributed by atoms with Gasteiger partial charge in [0.25, 0.3) is 0 Å². The van der Waals surface area contributed by atoms with E-state index in [1.54, 1.807) is 4.68 Å². The molecular weight excluding hydrogens is 432 g/mol. The minimum Gasteiger partial charge on any atom is -0.490 e. The van der Waals surface area contributed by atoms with Gasteiger partial charge < -0.3 is 19.5 Å². The van der Waals surface area contributed by atoms with E-state index in [0.717, 1.165) is 17.5 Å². The molecular formula is C26H30N4O4. The van der Waals surface area contributed by atoms with Crippen LogP contribution in [0.4, 0.5) is 5.95 Å². The van der Waals surface area contributed by atoms with E-state index >= 15 is 0 Å². The van der Waals surface area contributed by atoms with Gasteiger partial charge >= 0.3 is 5.97 Å². The molecule has 0 fully saturated rings. The molecule has 2 heterocycles. The second-order valence-electron chi connectivity index (χ2n) is 8.15. The van der Waals surface area contributed by atoms with E-state index in [1.165, 1.54) is 11.9 Å². The van der Waals surface area contributed by atoms with Crippen molar-refractivity contribution in [1.29, 1.82) is 0 Å². The molecule has 0 radical (unpaired) electrons. The van der Waals surface area contributed by atoms with Crippen LogP contribution in [-0.4, -0.2) is 33.9 Å². The molecule has 0 amide bonds. The third-order valence-corrected chi connectivity index (χ3v) is 5.51. The van der Waals surface area contributed by atoms with Gasteiger partial charge in [0.15, 0.2) is 11.5 Å². The zero-order valence-corrected chi connectivity index (χ0v) is 20.0. The van der Waals surface area contributed by atoms with Gasteiger partial charge in [-0.1, -0.05) is 42.8 Å². The maximum atomic E-state index is 13.0. The number of esters is 1. The molecule has 0 aliphatic carbocycles. The maximum absolute atomic E-state index is 13.0. The number of aromatic nitrogens is 3. The SMILES string of the molecule is CCCOC(=O)C1=C(C)Nc2ncnn2C1c1ccc(OCc2cccc(C)c2)c(OCC)c1. The largest absolute Gasteiger partial charge is 0.490 e. The van der Waals surface area contributed by atoms with Crippen molar-refractivity contribution in [3.8, 4) is 11.5 Å². The molecule has 2 aromatic carbocycles. The van der Waals surface area contributed by atoms with Crippen LogP contribution in [0.25, 0.3) is 0 Å². The first-order valence-electron chi connectivity index (χ1n) is 11.5. The Morgan fingerprint density at radius 3 is 2.71 bits per heavy atom. The molecule has 1 aliphatic heterocycles. The number of ether oxygens (including phenoxy) is 3. The number of hydrogen-bond acceptors (Lipinski definition) is 7. The van der Waals surface area contributed by atoms with Gasteiger partial charge in [0.05, 0.1) is 18.8 Å². The Labute approximate surface area is 199 Å². The number of anilines is 1. The summed E-state index contributed by atoms with van der Waals surface area (Å²) < 4.78 is 19.2. The molecule has 0 bridgehead atoms. The average molecular weight is 463 g/mol. The predicted octanol–water partition coefficient (Wildman–Crippen LogP) is 4.81. The van der Waals surface area contributed by atoms with Crippen LogP contribution in [0.15, 0.2) is 60.1 Å². The number of benzene rings is 2. The third-order valence-electron chi connectivity index (χ3n) is 5.51. The van der Waals surface area contributed by atoms with Crippen molar-refractivity contribution in [3.63, 3.8) is 0 Å². The second-order valence-corrected chi connectivity index (χ2v) is 8.15. The summed E-state index contributed by atoms with van der Waals surface area (Å²) in [5.41, 5.74) is 4.26. The number of nitrogens with one attached hydrogen (secondary N) is 1. The van der Waals surface area contributed by atoms with Crippen molar-refractivity contribution in [2.45, 2.75) is 46.8 Å². The van der Waals surface area contributed by atoms with Crippen LogP contribution in [0.5, 0.6) is 11.5 Å². The van der Waals surface area contributed by atoms with Gasteiger partial charge in [-0.05, 0) is 50.5 Å². The van der Waals surface area contributed by atoms with Gasteiger partial charge in [-0.15, -0.1) is 0 Å². The Kier molecular flexibility index (Phi) is 7.15. The van der Waals surface area contributed by atoms with Crippen LogP contribution in [-0.2, 0) is 16.1 Å². The maximum Gasteiger partial charge on any atom is 0.338 e. The highest BCUT2D eigenvalue weighted by Gasteiger charge is 2.34. The van der Waals surface area contributed by atoms with E-state index in [1.807, 2.05) is 51.1 Å². The van der Waals surface area contributed by atoms with E-state index in [4.69, 9.17) is 14.2 Å². The highest BCUT2D eigenvalue weighted by molar-refractivity contribution is 5.92. The molecule has 1 atom stereocenters. The van der Waals surface area contributed by atoms with Crippen LogP contribution in [0.2, 0.25) is 0 Å². The lowest BCUT2D eigenvalue weighted by atomic mass is 9.95. The highest BCUT2D eigenvalue weighted by atomic mass is 16.5. The number of aryl methyl sites for hydroxylation is 1. The summed E-state index contributed by atoms with van der Waals surface area (Å²) in [6.07, 6.45) is 2.21. The fourth-order valence-electron chi connectivity index (χ4n) is 3.98. The molecule has 1 unspecified atom stereocenters. The minimum absolute atomic E-state index is 0.350. The highest BCUT2D eigenvalue weighted by Crippen LogP contribution is 2.39. The molecule has 34 heavy (non-hydrogen) atoms. The summed E-state index contributed by atoms with van der Waals surface area (Å²) in [4.78, 5) is 17.3. The van der Waals surface area contributed by atoms with Crippen LogP contribution in [0, 0.1) is 6.92 Å². The lowest BCUT2D eigenvalue weighted by Crippen LogP contribution is -2.29. The van der Waals surface area contributed by atoms with Crippen molar-refractivity contribution in [3.05, 3.63) is 76.8 Å². The standard InChI is InChI=1S/C26H30N4O4/c1-5-12-33-25(31)23-18(4)29-26-27-16-28-30(26)24(23)20-10-11-21(22(14-20)32-6-2)34-15-19-9-7-8-17(3)13-19/h7-11,13-14,16,24H,5-6,12,15H2,1-4H3,(H,27,28,29). The van der Waals surface area contributed by atoms with E-state index in [9.17, 15) is 4.79 Å². The van der Waals surface area contributed by atoms with Crippen molar-refractivity contribution >= 4 is 11.9 Å². The Balaban J connectivity index is 1.68. The Bertz CT molecular complexity index is 1200. The lowest BCUT2D eigenvalue weighted by molar-refractivity contribution is -0.139. The number of hydrogen-bond donors (Lipinski definition) is 1. The van der Waals surface area contributed by atoms with Crippen molar-refractivity contribution in [2.75, 3.05) is 18.5 Å². The van der Waals surface area contributed by atoms with Crippen LogP contribution >= 0.6 is 0 Å². The lowest BCUT2D eigenvalue weighted by Gasteiger charge is -2.28. The van der Waals surface area contributed by atoms with E-state index in [0.29, 0.717) is 48.5 Å². The second kappa shape index (κ2) is 10.4.